The molecule has 0 spiro atoms. The van der Waals surface area contributed by atoms with E-state index in [1.165, 1.54) is 0 Å². The summed E-state index contributed by atoms with van der Waals surface area (Å²) in [4.78, 5) is 21.8. The summed E-state index contributed by atoms with van der Waals surface area (Å²) in [6, 6.07) is 11.8. The molecule has 2 fully saturated rings. The monoisotopic (exact) mass is 464 g/mol. The minimum absolute atomic E-state index is 0.00416. The number of carbonyl (C=O) groups excluding carboxylic acids is 1. The fourth-order valence-corrected chi connectivity index (χ4v) is 4.77. The molecule has 1 aromatic carbocycles. The number of amides is 1. The van der Waals surface area contributed by atoms with Gasteiger partial charge in [0.15, 0.2) is 11.5 Å². The third-order valence-corrected chi connectivity index (χ3v) is 6.84. The first-order valence-electron chi connectivity index (χ1n) is 11.7. The van der Waals surface area contributed by atoms with Crippen molar-refractivity contribution in [2.75, 3.05) is 38.8 Å². The SMILES string of the molecule is CCC1CN(C(=O)COC2(c3ccc(OC)c(OC)c3)CC2)CC(C)N1c1ccc(C#N)cn1. The quantitative estimate of drug-likeness (QED) is 0.591. The van der Waals surface area contributed by atoms with Crippen molar-refractivity contribution in [1.82, 2.24) is 9.88 Å². The zero-order valence-electron chi connectivity index (χ0n) is 20.3. The highest BCUT2D eigenvalue weighted by molar-refractivity contribution is 5.78. The zero-order chi connectivity index (χ0) is 24.3. The lowest BCUT2D eigenvalue weighted by atomic mass is 10.0. The largest absolute Gasteiger partial charge is 0.493 e. The number of carbonyl (C=O) groups is 1. The Balaban J connectivity index is 1.41. The normalized spacial score (nSPS) is 21.0. The van der Waals surface area contributed by atoms with Crippen LogP contribution >= 0.6 is 0 Å². The van der Waals surface area contributed by atoms with Gasteiger partial charge in [0.1, 0.15) is 18.5 Å². The summed E-state index contributed by atoms with van der Waals surface area (Å²) in [5, 5.41) is 9.05. The average molecular weight is 465 g/mol. The fourth-order valence-electron chi connectivity index (χ4n) is 4.77. The predicted octanol–water partition coefficient (Wildman–Crippen LogP) is 3.49. The maximum atomic E-state index is 13.1. The molecular formula is C26H32N4O4. The smallest absolute Gasteiger partial charge is 0.248 e. The summed E-state index contributed by atoms with van der Waals surface area (Å²) in [5.74, 6) is 2.18. The number of ether oxygens (including phenoxy) is 3. The van der Waals surface area contributed by atoms with Crippen LogP contribution < -0.4 is 14.4 Å². The van der Waals surface area contributed by atoms with Gasteiger partial charge in [-0.05, 0) is 56.0 Å². The van der Waals surface area contributed by atoms with Crippen molar-refractivity contribution >= 4 is 11.7 Å². The van der Waals surface area contributed by atoms with Crippen molar-refractivity contribution in [3.8, 4) is 17.6 Å². The van der Waals surface area contributed by atoms with Gasteiger partial charge in [0.05, 0.1) is 25.4 Å². The van der Waals surface area contributed by atoms with Gasteiger partial charge in [-0.3, -0.25) is 4.79 Å². The van der Waals surface area contributed by atoms with Crippen molar-refractivity contribution in [2.45, 2.75) is 50.8 Å². The number of hydrogen-bond donors (Lipinski definition) is 0. The first-order chi connectivity index (χ1) is 16.4. The number of rotatable bonds is 8. The molecule has 34 heavy (non-hydrogen) atoms. The van der Waals surface area contributed by atoms with Gasteiger partial charge in [0.25, 0.3) is 0 Å². The summed E-state index contributed by atoms with van der Waals surface area (Å²) in [7, 11) is 3.23. The Morgan fingerprint density at radius 3 is 2.53 bits per heavy atom. The Morgan fingerprint density at radius 2 is 1.94 bits per heavy atom. The van der Waals surface area contributed by atoms with Gasteiger partial charge in [-0.2, -0.15) is 5.26 Å². The molecule has 0 bridgehead atoms. The second-order valence-electron chi connectivity index (χ2n) is 8.99. The topological polar surface area (TPSA) is 87.9 Å². The van der Waals surface area contributed by atoms with Gasteiger partial charge in [-0.1, -0.05) is 13.0 Å². The van der Waals surface area contributed by atoms with E-state index in [4.69, 9.17) is 19.5 Å². The van der Waals surface area contributed by atoms with Crippen molar-refractivity contribution < 1.29 is 19.0 Å². The second kappa shape index (κ2) is 9.90. The standard InChI is InChI=1S/C26H32N4O4/c1-5-21-16-29(15-18(2)30(21)24-9-6-19(13-27)14-28-24)25(31)17-34-26(10-11-26)20-7-8-22(32-3)23(12-20)33-4/h6-9,12,14,18,21H,5,10-11,15-17H2,1-4H3. The van der Waals surface area contributed by atoms with E-state index < -0.39 is 5.60 Å². The molecule has 2 heterocycles. The summed E-state index contributed by atoms with van der Waals surface area (Å²) in [6.45, 7) is 5.49. The van der Waals surface area contributed by atoms with Gasteiger partial charge < -0.3 is 24.0 Å². The van der Waals surface area contributed by atoms with Crippen molar-refractivity contribution in [2.24, 2.45) is 0 Å². The van der Waals surface area contributed by atoms with Crippen LogP contribution in [-0.4, -0.2) is 61.8 Å². The maximum Gasteiger partial charge on any atom is 0.248 e. The molecule has 8 heteroatoms. The molecule has 1 aliphatic heterocycles. The van der Waals surface area contributed by atoms with Crippen LogP contribution in [-0.2, 0) is 15.1 Å². The Bertz CT molecular complexity index is 1060. The highest BCUT2D eigenvalue weighted by atomic mass is 16.5. The number of hydrogen-bond acceptors (Lipinski definition) is 7. The lowest BCUT2D eigenvalue weighted by molar-refractivity contribution is -0.140. The predicted molar refractivity (Wildman–Crippen MR) is 128 cm³/mol. The molecule has 1 aliphatic carbocycles. The lowest BCUT2D eigenvalue weighted by Gasteiger charge is -2.46. The van der Waals surface area contributed by atoms with E-state index in [1.807, 2.05) is 29.2 Å². The maximum absolute atomic E-state index is 13.1. The molecule has 1 amide bonds. The van der Waals surface area contributed by atoms with E-state index >= 15 is 0 Å². The third kappa shape index (κ3) is 4.66. The highest BCUT2D eigenvalue weighted by Gasteiger charge is 2.47. The van der Waals surface area contributed by atoms with Crippen molar-refractivity contribution in [3.05, 3.63) is 47.7 Å². The summed E-state index contributed by atoms with van der Waals surface area (Å²) >= 11 is 0. The van der Waals surface area contributed by atoms with Gasteiger partial charge in [-0.25, -0.2) is 4.98 Å². The molecule has 2 aromatic rings. The van der Waals surface area contributed by atoms with Crippen molar-refractivity contribution in [1.29, 1.82) is 5.26 Å². The molecular weight excluding hydrogens is 432 g/mol. The van der Waals surface area contributed by atoms with Crippen LogP contribution in [0.3, 0.4) is 0 Å². The second-order valence-corrected chi connectivity index (χ2v) is 8.99. The number of nitrogens with zero attached hydrogens (tertiary/aromatic N) is 4. The van der Waals surface area contributed by atoms with E-state index in [0.29, 0.717) is 30.2 Å². The van der Waals surface area contributed by atoms with Crippen LogP contribution in [0.15, 0.2) is 36.5 Å². The number of anilines is 1. The van der Waals surface area contributed by atoms with Gasteiger partial charge in [-0.15, -0.1) is 0 Å². The Morgan fingerprint density at radius 1 is 1.18 bits per heavy atom. The first-order valence-corrected chi connectivity index (χ1v) is 11.7. The number of pyridine rings is 1. The van der Waals surface area contributed by atoms with E-state index in [2.05, 4.69) is 29.8 Å². The number of nitriles is 1. The van der Waals surface area contributed by atoms with Crippen LogP contribution in [0.25, 0.3) is 0 Å². The van der Waals surface area contributed by atoms with Crippen LogP contribution in [0.1, 0.15) is 44.2 Å². The van der Waals surface area contributed by atoms with E-state index in [0.717, 1.165) is 30.6 Å². The Kier molecular flexibility index (Phi) is 6.94. The molecule has 0 radical (unpaired) electrons. The van der Waals surface area contributed by atoms with Gasteiger partial charge in [0.2, 0.25) is 5.91 Å². The molecule has 180 valence electrons. The minimum Gasteiger partial charge on any atom is -0.493 e. The molecule has 1 saturated carbocycles. The van der Waals surface area contributed by atoms with Crippen LogP contribution in [0.4, 0.5) is 5.82 Å². The lowest BCUT2D eigenvalue weighted by Crippen LogP contribution is -2.60. The molecule has 1 aromatic heterocycles. The summed E-state index contributed by atoms with van der Waals surface area (Å²) < 4.78 is 17.0. The van der Waals surface area contributed by atoms with E-state index in [-0.39, 0.29) is 24.6 Å². The third-order valence-electron chi connectivity index (χ3n) is 6.84. The summed E-state index contributed by atoms with van der Waals surface area (Å²) in [6.07, 6.45) is 4.24. The Labute approximate surface area is 201 Å². The number of aromatic nitrogens is 1. The molecule has 4 rings (SSSR count). The zero-order valence-corrected chi connectivity index (χ0v) is 20.3. The fraction of sp³-hybridized carbons (Fsp3) is 0.500. The van der Waals surface area contributed by atoms with Crippen LogP contribution in [0.2, 0.25) is 0 Å². The highest BCUT2D eigenvalue weighted by Crippen LogP contribution is 2.50. The molecule has 2 unspecified atom stereocenters. The van der Waals surface area contributed by atoms with Crippen LogP contribution in [0, 0.1) is 11.3 Å². The average Bonchev–Trinajstić information content (AvgIpc) is 3.67. The van der Waals surface area contributed by atoms with Crippen LogP contribution in [0.5, 0.6) is 11.5 Å². The Hall–Kier alpha value is -3.31. The molecule has 0 N–H and O–H groups in total. The molecule has 2 atom stereocenters. The molecule has 2 aliphatic rings. The van der Waals surface area contributed by atoms with Gasteiger partial charge >= 0.3 is 0 Å². The molecule has 1 saturated heterocycles. The van der Waals surface area contributed by atoms with E-state index in [1.54, 1.807) is 26.5 Å². The number of methoxy groups -OCH3 is 2. The van der Waals surface area contributed by atoms with Gasteiger partial charge in [0, 0.05) is 31.4 Å². The molecule has 8 nitrogen and oxygen atoms in total. The van der Waals surface area contributed by atoms with Crippen molar-refractivity contribution in [3.63, 3.8) is 0 Å². The minimum atomic E-state index is -0.431. The first kappa shape index (κ1) is 23.8. The number of benzene rings is 1. The summed E-state index contributed by atoms with van der Waals surface area (Å²) in [5.41, 5.74) is 1.12. The number of piperazine rings is 1. The van der Waals surface area contributed by atoms with E-state index in [9.17, 15) is 4.79 Å².